The first-order valence-corrected chi connectivity index (χ1v) is 16.7. The van der Waals surface area contributed by atoms with Gasteiger partial charge in [-0.05, 0) is 91.4 Å². The Hall–Kier alpha value is -4.57. The van der Waals surface area contributed by atoms with Crippen molar-refractivity contribution in [2.24, 2.45) is 0 Å². The lowest BCUT2D eigenvalue weighted by Crippen LogP contribution is -2.22. The summed E-state index contributed by atoms with van der Waals surface area (Å²) < 4.78 is 0. The monoisotopic (exact) mass is 581 g/mol. The third-order valence-electron chi connectivity index (χ3n) is 8.91. The van der Waals surface area contributed by atoms with Gasteiger partial charge in [-0.15, -0.1) is 11.8 Å². The minimum atomic E-state index is 0.494. The Morgan fingerprint density at radius 2 is 1.30 bits per heavy atom. The topological polar surface area (TPSA) is 3.24 Å². The second kappa shape index (κ2) is 10.0. The van der Waals surface area contributed by atoms with Crippen molar-refractivity contribution in [3.63, 3.8) is 0 Å². The third-order valence-corrected chi connectivity index (χ3v) is 11.7. The zero-order valence-electron chi connectivity index (χ0n) is 23.4. The number of allylic oxidation sites excluding steroid dienone is 3. The lowest BCUT2D eigenvalue weighted by Gasteiger charge is -2.26. The molecule has 9 rings (SSSR count). The molecule has 0 fully saturated rings. The van der Waals surface area contributed by atoms with Crippen molar-refractivity contribution in [2.75, 3.05) is 4.90 Å². The summed E-state index contributed by atoms with van der Waals surface area (Å²) >= 11 is 2.05. The molecule has 0 bridgehead atoms. The maximum absolute atomic E-state index is 2.43. The van der Waals surface area contributed by atoms with E-state index in [1.807, 2.05) is 11.8 Å². The van der Waals surface area contributed by atoms with Crippen LogP contribution in [0.15, 0.2) is 157 Å². The van der Waals surface area contributed by atoms with Crippen LogP contribution in [0.25, 0.3) is 33.0 Å². The highest BCUT2D eigenvalue weighted by Gasteiger charge is 2.36. The van der Waals surface area contributed by atoms with Gasteiger partial charge < -0.3 is 4.90 Å². The molecule has 3 aliphatic rings. The second-order valence-corrected chi connectivity index (χ2v) is 13.9. The molecule has 0 amide bonds. The van der Waals surface area contributed by atoms with Crippen LogP contribution in [0.2, 0.25) is 0 Å². The summed E-state index contributed by atoms with van der Waals surface area (Å²) in [5, 5.41) is 5.98. The Balaban J connectivity index is 1.10. The molecule has 0 aromatic heterocycles. The second-order valence-electron chi connectivity index (χ2n) is 11.4. The van der Waals surface area contributed by atoms with Gasteiger partial charge in [-0.2, -0.15) is 0 Å². The van der Waals surface area contributed by atoms with Crippen LogP contribution >= 0.6 is 11.8 Å². The van der Waals surface area contributed by atoms with Crippen molar-refractivity contribution in [3.8, 4) is 22.3 Å². The highest BCUT2D eigenvalue weighted by atomic mass is 32.2. The molecule has 1 nitrogen and oxygen atoms in total. The maximum atomic E-state index is 2.43. The van der Waals surface area contributed by atoms with Crippen LogP contribution < -0.4 is 15.3 Å². The van der Waals surface area contributed by atoms with Gasteiger partial charge in [-0.25, -0.2) is 0 Å². The molecule has 2 radical (unpaired) electrons. The predicted molar refractivity (Wildman–Crippen MR) is 185 cm³/mol. The number of hydrogen-bond acceptors (Lipinski definition) is 2. The fourth-order valence-electron chi connectivity index (χ4n) is 6.81. The molecular weight excluding hydrogens is 555 g/mol. The number of para-hydroxylation sites is 1. The summed E-state index contributed by atoms with van der Waals surface area (Å²) in [4.78, 5) is 3.88. The van der Waals surface area contributed by atoms with Crippen LogP contribution in [0, 0.1) is 0 Å². The third kappa shape index (κ3) is 4.15. The average Bonchev–Trinajstić information content (AvgIpc) is 3.63. The van der Waals surface area contributed by atoms with Crippen molar-refractivity contribution in [3.05, 3.63) is 157 Å². The molecular formula is C40H27NSSi. The lowest BCUT2D eigenvalue weighted by molar-refractivity contribution is 0.882. The molecule has 3 heteroatoms. The summed E-state index contributed by atoms with van der Waals surface area (Å²) in [6, 6.07) is 46.9. The first-order chi connectivity index (χ1) is 21.3. The SMILES string of the molecule is C1=CC2Sc3c(ccc4c3-c3ccc(N(c5ccccc5)c5ccc(-c6ccc7ccccc7c6)cc5)cc3[Si]4)C2C=C1. The van der Waals surface area contributed by atoms with Crippen molar-refractivity contribution < 1.29 is 0 Å². The van der Waals surface area contributed by atoms with Crippen LogP contribution in [0.5, 0.6) is 0 Å². The van der Waals surface area contributed by atoms with Crippen molar-refractivity contribution in [1.29, 1.82) is 0 Å². The van der Waals surface area contributed by atoms with Gasteiger partial charge in [-0.1, -0.05) is 109 Å². The van der Waals surface area contributed by atoms with E-state index < -0.39 is 0 Å². The fraction of sp³-hybridized carbons (Fsp3) is 0.0500. The minimum absolute atomic E-state index is 0.494. The first kappa shape index (κ1) is 25.0. The fourth-order valence-corrected chi connectivity index (χ4v) is 9.81. The van der Waals surface area contributed by atoms with Crippen molar-refractivity contribution >= 4 is 59.5 Å². The predicted octanol–water partition coefficient (Wildman–Crippen LogP) is 9.30. The highest BCUT2D eigenvalue weighted by Crippen LogP contribution is 2.51. The van der Waals surface area contributed by atoms with E-state index in [1.165, 1.54) is 65.2 Å². The first-order valence-electron chi connectivity index (χ1n) is 14.8. The number of benzene rings is 6. The Bertz CT molecular complexity index is 2090. The zero-order chi connectivity index (χ0) is 28.3. The summed E-state index contributed by atoms with van der Waals surface area (Å²) in [6.07, 6.45) is 9.15. The van der Waals surface area contributed by atoms with Crippen LogP contribution in [-0.4, -0.2) is 14.8 Å². The van der Waals surface area contributed by atoms with E-state index in [0.717, 1.165) is 5.69 Å². The molecule has 6 aromatic carbocycles. The van der Waals surface area contributed by atoms with Crippen LogP contribution in [0.3, 0.4) is 0 Å². The molecule has 202 valence electrons. The van der Waals surface area contributed by atoms with Gasteiger partial charge >= 0.3 is 0 Å². The molecule has 6 aromatic rings. The van der Waals surface area contributed by atoms with E-state index in [1.54, 1.807) is 0 Å². The van der Waals surface area contributed by atoms with E-state index >= 15 is 0 Å². The number of anilines is 3. The molecule has 1 aliphatic carbocycles. The summed E-state index contributed by atoms with van der Waals surface area (Å²) in [7, 11) is 0.675. The van der Waals surface area contributed by atoms with Gasteiger partial charge in [0.05, 0.1) is 0 Å². The number of rotatable bonds is 4. The molecule has 0 saturated carbocycles. The van der Waals surface area contributed by atoms with Crippen molar-refractivity contribution in [2.45, 2.75) is 16.1 Å². The molecule has 0 spiro atoms. The van der Waals surface area contributed by atoms with Crippen molar-refractivity contribution in [1.82, 2.24) is 0 Å². The van der Waals surface area contributed by atoms with E-state index in [2.05, 4.69) is 157 Å². The molecule has 43 heavy (non-hydrogen) atoms. The number of fused-ring (bicyclic) bond motifs is 8. The summed E-state index contributed by atoms with van der Waals surface area (Å²) in [5.74, 6) is 0.494. The standard InChI is InChI=1S/C40H27NSSi/c1-2-10-30(11-3-1)41(31-18-16-27(17-19-31)29-15-14-26-8-4-5-9-28(26)24-29)32-20-21-35-38(25-32)43-37-23-22-34-33-12-6-7-13-36(33)42-40(34)39(35)37/h1-25,33,36H. The van der Waals surface area contributed by atoms with Crippen LogP contribution in [0.1, 0.15) is 11.5 Å². The van der Waals surface area contributed by atoms with Gasteiger partial charge in [-0.3, -0.25) is 0 Å². The van der Waals surface area contributed by atoms with Gasteiger partial charge in [0.25, 0.3) is 0 Å². The molecule has 0 N–H and O–H groups in total. The van der Waals surface area contributed by atoms with Gasteiger partial charge in [0, 0.05) is 33.1 Å². The normalized spacial score (nSPS) is 17.4. The maximum Gasteiger partial charge on any atom is 0.123 e. The Morgan fingerprint density at radius 1 is 0.558 bits per heavy atom. The highest BCUT2D eigenvalue weighted by molar-refractivity contribution is 8.00. The molecule has 2 heterocycles. The van der Waals surface area contributed by atoms with E-state index in [4.69, 9.17) is 0 Å². The molecule has 0 saturated heterocycles. The quantitative estimate of drug-likeness (QED) is 0.191. The number of thioether (sulfide) groups is 1. The Kier molecular flexibility index (Phi) is 5.81. The number of hydrogen-bond donors (Lipinski definition) is 0. The zero-order valence-corrected chi connectivity index (χ0v) is 25.3. The number of nitrogens with zero attached hydrogens (tertiary/aromatic N) is 1. The van der Waals surface area contributed by atoms with Gasteiger partial charge in [0.1, 0.15) is 9.52 Å². The van der Waals surface area contributed by atoms with E-state index in [-0.39, 0.29) is 0 Å². The average molecular weight is 582 g/mol. The molecule has 2 aliphatic heterocycles. The Labute approximate surface area is 259 Å². The molecule has 2 atom stereocenters. The molecule has 2 unspecified atom stereocenters. The van der Waals surface area contributed by atoms with Gasteiger partial charge in [0.15, 0.2) is 0 Å². The smallest absolute Gasteiger partial charge is 0.123 e. The van der Waals surface area contributed by atoms with E-state index in [9.17, 15) is 0 Å². The summed E-state index contributed by atoms with van der Waals surface area (Å²) in [5.41, 5.74) is 10.4. The summed E-state index contributed by atoms with van der Waals surface area (Å²) in [6.45, 7) is 0. The van der Waals surface area contributed by atoms with Gasteiger partial charge in [0.2, 0.25) is 0 Å². The largest absolute Gasteiger partial charge is 0.311 e. The minimum Gasteiger partial charge on any atom is -0.311 e. The Morgan fingerprint density at radius 3 is 2.19 bits per heavy atom. The van der Waals surface area contributed by atoms with Crippen LogP contribution in [0.4, 0.5) is 17.1 Å². The van der Waals surface area contributed by atoms with E-state index in [0.29, 0.717) is 20.7 Å². The lowest BCUT2D eigenvalue weighted by atomic mass is 9.90. The van der Waals surface area contributed by atoms with Crippen LogP contribution in [-0.2, 0) is 0 Å².